The number of fused-ring (bicyclic) bond motifs is 5. The monoisotopic (exact) mass is 436 g/mol. The maximum Gasteiger partial charge on any atom is 0.248 e. The van der Waals surface area contributed by atoms with Crippen molar-refractivity contribution >= 4 is 0 Å². The van der Waals surface area contributed by atoms with Crippen molar-refractivity contribution in [2.45, 2.75) is 121 Å². The first-order chi connectivity index (χ1) is 14.7. The van der Waals surface area contributed by atoms with Gasteiger partial charge in [-0.3, -0.25) is 0 Å². The summed E-state index contributed by atoms with van der Waals surface area (Å²) in [4.78, 5) is 0. The lowest BCUT2D eigenvalue weighted by Gasteiger charge is -2.54. The molecule has 4 heteroatoms. The van der Waals surface area contributed by atoms with E-state index < -0.39 is 11.5 Å². The van der Waals surface area contributed by atoms with Crippen molar-refractivity contribution in [3.05, 3.63) is 11.6 Å². The van der Waals surface area contributed by atoms with Crippen LogP contribution < -0.4 is 0 Å². The zero-order valence-electron chi connectivity index (χ0n) is 19.3. The number of halogens is 2. The Morgan fingerprint density at radius 2 is 1.74 bits per heavy atom. The molecule has 5 aliphatic rings. The maximum atomic E-state index is 13.5. The molecule has 4 saturated carbocycles. The van der Waals surface area contributed by atoms with E-state index in [4.69, 9.17) is 0 Å². The summed E-state index contributed by atoms with van der Waals surface area (Å²) in [6.45, 7) is 2.55. The Kier molecular flexibility index (Phi) is 5.82. The Morgan fingerprint density at radius 3 is 2.52 bits per heavy atom. The van der Waals surface area contributed by atoms with Crippen molar-refractivity contribution in [1.29, 1.82) is 0 Å². The molecule has 0 aliphatic heterocycles. The van der Waals surface area contributed by atoms with E-state index in [0.717, 1.165) is 55.3 Å². The smallest absolute Gasteiger partial charge is 0.248 e. The fourth-order valence-electron chi connectivity index (χ4n) is 8.84. The van der Waals surface area contributed by atoms with Crippen molar-refractivity contribution < 1.29 is 19.0 Å². The molecule has 2 N–H and O–H groups in total. The lowest BCUT2D eigenvalue weighted by molar-refractivity contribution is -0.107. The number of allylic oxidation sites excluding steroid dienone is 1. The van der Waals surface area contributed by atoms with Crippen LogP contribution in [0.3, 0.4) is 0 Å². The Bertz CT molecular complexity index is 693. The van der Waals surface area contributed by atoms with Gasteiger partial charge in [-0.2, -0.15) is 0 Å². The van der Waals surface area contributed by atoms with Gasteiger partial charge in [0.2, 0.25) is 5.92 Å². The fourth-order valence-corrected chi connectivity index (χ4v) is 8.84. The fraction of sp³-hybridized carbons (Fsp3) is 0.926. The van der Waals surface area contributed by atoms with Gasteiger partial charge >= 0.3 is 0 Å². The number of aliphatic hydroxyl groups excluding tert-OH is 1. The molecule has 7 atom stereocenters. The molecule has 0 aromatic carbocycles. The Morgan fingerprint density at radius 1 is 0.968 bits per heavy atom. The molecule has 5 rings (SSSR count). The van der Waals surface area contributed by atoms with Crippen LogP contribution in [0.2, 0.25) is 0 Å². The third kappa shape index (κ3) is 4.14. The zero-order valence-corrected chi connectivity index (χ0v) is 19.3. The van der Waals surface area contributed by atoms with Crippen LogP contribution in [0.15, 0.2) is 11.6 Å². The molecular weight excluding hydrogens is 394 g/mol. The van der Waals surface area contributed by atoms with Gasteiger partial charge in [0, 0.05) is 12.8 Å². The average Bonchev–Trinajstić information content (AvgIpc) is 3.07. The van der Waals surface area contributed by atoms with Crippen LogP contribution in [0.25, 0.3) is 0 Å². The summed E-state index contributed by atoms with van der Waals surface area (Å²) in [7, 11) is 0. The van der Waals surface area contributed by atoms with Gasteiger partial charge in [-0.1, -0.05) is 25.0 Å². The first-order valence-corrected chi connectivity index (χ1v) is 13.2. The van der Waals surface area contributed by atoms with E-state index in [2.05, 4.69) is 13.0 Å². The Hall–Kier alpha value is -0.480. The number of alkyl halides is 2. The number of aliphatic hydroxyl groups is 2. The molecular formula is C27H42F2O2. The van der Waals surface area contributed by atoms with E-state index in [1.54, 1.807) is 5.57 Å². The molecule has 0 saturated heterocycles. The zero-order chi connectivity index (χ0) is 21.9. The lowest BCUT2D eigenvalue weighted by Crippen LogP contribution is -2.46. The molecule has 0 aromatic heterocycles. The minimum atomic E-state index is -2.57. The SMILES string of the molecule is CC12CCC3C4CCC(O)CC4=CCC3C1CCC2CCCC1(O)CCC(F)(F)CC1. The standard InChI is InChI=1S/C27H42F2O2/c1-25-12-10-22-21-8-6-20(30)17-18(21)4-7-23(22)24(25)9-5-19(25)3-2-11-26(31)13-15-27(28,29)16-14-26/h4,19-24,30-31H,2-3,5-17H2,1H3. The van der Waals surface area contributed by atoms with E-state index in [0.29, 0.717) is 11.8 Å². The summed E-state index contributed by atoms with van der Waals surface area (Å²) in [6.07, 6.45) is 15.0. The second-order valence-corrected chi connectivity index (χ2v) is 12.3. The molecule has 0 spiro atoms. The third-order valence-corrected chi connectivity index (χ3v) is 10.7. The van der Waals surface area contributed by atoms with Crippen molar-refractivity contribution in [2.75, 3.05) is 0 Å². The number of rotatable bonds is 4. The largest absolute Gasteiger partial charge is 0.393 e. The summed E-state index contributed by atoms with van der Waals surface area (Å²) in [6, 6.07) is 0. The normalized spacial score (nSPS) is 45.9. The van der Waals surface area contributed by atoms with Crippen LogP contribution in [0.4, 0.5) is 8.78 Å². The topological polar surface area (TPSA) is 40.5 Å². The quantitative estimate of drug-likeness (QED) is 0.485. The summed E-state index contributed by atoms with van der Waals surface area (Å²) in [5.41, 5.74) is 1.13. The molecule has 0 radical (unpaired) electrons. The highest BCUT2D eigenvalue weighted by Crippen LogP contribution is 2.64. The first-order valence-electron chi connectivity index (χ1n) is 13.2. The minimum Gasteiger partial charge on any atom is -0.393 e. The lowest BCUT2D eigenvalue weighted by atomic mass is 9.51. The highest BCUT2D eigenvalue weighted by Gasteiger charge is 2.55. The van der Waals surface area contributed by atoms with Crippen molar-refractivity contribution in [3.63, 3.8) is 0 Å². The van der Waals surface area contributed by atoms with E-state index >= 15 is 0 Å². The summed E-state index contributed by atoms with van der Waals surface area (Å²) in [5.74, 6) is 1.35. The van der Waals surface area contributed by atoms with Gasteiger partial charge in [-0.25, -0.2) is 8.78 Å². The second kappa shape index (κ2) is 8.08. The summed E-state index contributed by atoms with van der Waals surface area (Å²) >= 11 is 0. The van der Waals surface area contributed by atoms with Gasteiger partial charge in [-0.15, -0.1) is 0 Å². The van der Waals surface area contributed by atoms with Gasteiger partial charge in [0.25, 0.3) is 0 Å². The molecule has 4 fully saturated rings. The van der Waals surface area contributed by atoms with Gasteiger partial charge in [0.1, 0.15) is 0 Å². The summed E-state index contributed by atoms with van der Waals surface area (Å²) in [5, 5.41) is 20.9. The van der Waals surface area contributed by atoms with Crippen LogP contribution in [0, 0.1) is 35.0 Å². The Balaban J connectivity index is 1.19. The first kappa shape index (κ1) is 22.3. The highest BCUT2D eigenvalue weighted by molar-refractivity contribution is 5.20. The molecule has 2 nitrogen and oxygen atoms in total. The van der Waals surface area contributed by atoms with Gasteiger partial charge in [0.05, 0.1) is 11.7 Å². The molecule has 7 unspecified atom stereocenters. The molecule has 31 heavy (non-hydrogen) atoms. The second-order valence-electron chi connectivity index (χ2n) is 12.3. The summed E-state index contributed by atoms with van der Waals surface area (Å²) < 4.78 is 27.0. The van der Waals surface area contributed by atoms with Gasteiger partial charge in [-0.05, 0) is 112 Å². The van der Waals surface area contributed by atoms with E-state index in [9.17, 15) is 19.0 Å². The molecule has 0 heterocycles. The third-order valence-electron chi connectivity index (χ3n) is 10.7. The van der Waals surface area contributed by atoms with Crippen molar-refractivity contribution in [3.8, 4) is 0 Å². The van der Waals surface area contributed by atoms with Gasteiger partial charge in [0.15, 0.2) is 0 Å². The molecule has 0 aromatic rings. The van der Waals surface area contributed by atoms with Crippen LogP contribution >= 0.6 is 0 Å². The number of hydrogen-bond acceptors (Lipinski definition) is 2. The Labute approximate surface area is 186 Å². The predicted octanol–water partition coefficient (Wildman–Crippen LogP) is 6.65. The molecule has 0 amide bonds. The van der Waals surface area contributed by atoms with Crippen LogP contribution in [0.5, 0.6) is 0 Å². The minimum absolute atomic E-state index is 0.117. The van der Waals surface area contributed by atoms with Gasteiger partial charge < -0.3 is 10.2 Å². The predicted molar refractivity (Wildman–Crippen MR) is 119 cm³/mol. The molecule has 176 valence electrons. The van der Waals surface area contributed by atoms with Crippen molar-refractivity contribution in [1.82, 2.24) is 0 Å². The average molecular weight is 437 g/mol. The van der Waals surface area contributed by atoms with Crippen LogP contribution in [-0.4, -0.2) is 27.8 Å². The van der Waals surface area contributed by atoms with E-state index in [-0.39, 0.29) is 31.8 Å². The van der Waals surface area contributed by atoms with E-state index in [1.165, 1.54) is 38.5 Å². The van der Waals surface area contributed by atoms with Crippen LogP contribution in [0.1, 0.15) is 103 Å². The number of hydrogen-bond donors (Lipinski definition) is 2. The van der Waals surface area contributed by atoms with E-state index in [1.807, 2.05) is 0 Å². The molecule has 5 aliphatic carbocycles. The maximum absolute atomic E-state index is 13.5. The van der Waals surface area contributed by atoms with Crippen LogP contribution in [-0.2, 0) is 0 Å². The van der Waals surface area contributed by atoms with Crippen molar-refractivity contribution in [2.24, 2.45) is 35.0 Å². The molecule has 0 bridgehead atoms. The highest BCUT2D eigenvalue weighted by atomic mass is 19.3.